The standard InChI is InChI=1S/C22H27N3O4S/c1-16(2)29-21-9-7-19(15-23-21)22(26)24-10-12-25(13-11-24)30(27,28)20-8-6-17-4-3-5-18(17)14-20/h6-9,14-16H,3-5,10-13H2,1-2H3. The number of fused-ring (bicyclic) bond motifs is 1. The minimum absolute atomic E-state index is 0.0137. The highest BCUT2D eigenvalue weighted by Gasteiger charge is 2.31. The molecule has 30 heavy (non-hydrogen) atoms. The molecular weight excluding hydrogens is 402 g/mol. The normalized spacial score (nSPS) is 17.2. The molecule has 0 radical (unpaired) electrons. The molecule has 1 amide bonds. The third-order valence-electron chi connectivity index (χ3n) is 5.57. The molecule has 1 aliphatic heterocycles. The minimum Gasteiger partial charge on any atom is -0.475 e. The lowest BCUT2D eigenvalue weighted by Crippen LogP contribution is -2.50. The maximum absolute atomic E-state index is 13.1. The summed E-state index contributed by atoms with van der Waals surface area (Å²) in [5.41, 5.74) is 2.87. The fourth-order valence-corrected chi connectivity index (χ4v) is 5.46. The van der Waals surface area contributed by atoms with Crippen LogP contribution in [0.2, 0.25) is 0 Å². The number of aromatic nitrogens is 1. The van der Waals surface area contributed by atoms with Crippen LogP contribution < -0.4 is 4.74 Å². The number of hydrogen-bond acceptors (Lipinski definition) is 5. The molecule has 2 heterocycles. The van der Waals surface area contributed by atoms with Crippen LogP contribution in [0.1, 0.15) is 41.8 Å². The average molecular weight is 430 g/mol. The van der Waals surface area contributed by atoms with Gasteiger partial charge < -0.3 is 9.64 Å². The molecule has 0 atom stereocenters. The van der Waals surface area contributed by atoms with E-state index in [-0.39, 0.29) is 25.1 Å². The number of aryl methyl sites for hydroxylation is 2. The Labute approximate surface area is 177 Å². The second-order valence-corrected chi connectivity index (χ2v) is 9.97. The van der Waals surface area contributed by atoms with Gasteiger partial charge in [0.05, 0.1) is 16.6 Å². The van der Waals surface area contributed by atoms with Crippen molar-refractivity contribution in [2.45, 2.75) is 44.1 Å². The summed E-state index contributed by atoms with van der Waals surface area (Å²) in [6.07, 6.45) is 4.57. The number of benzene rings is 1. The molecule has 7 nitrogen and oxygen atoms in total. The molecule has 2 aliphatic rings. The van der Waals surface area contributed by atoms with Gasteiger partial charge in [0, 0.05) is 38.4 Å². The highest BCUT2D eigenvalue weighted by Crippen LogP contribution is 2.27. The van der Waals surface area contributed by atoms with Crippen molar-refractivity contribution in [1.82, 2.24) is 14.2 Å². The van der Waals surface area contributed by atoms with E-state index in [2.05, 4.69) is 4.98 Å². The number of amides is 1. The Morgan fingerprint density at radius 2 is 1.77 bits per heavy atom. The molecule has 1 aromatic carbocycles. The number of nitrogens with zero attached hydrogens (tertiary/aromatic N) is 3. The van der Waals surface area contributed by atoms with Gasteiger partial charge in [0.2, 0.25) is 15.9 Å². The number of carbonyl (C=O) groups is 1. The van der Waals surface area contributed by atoms with E-state index >= 15 is 0 Å². The van der Waals surface area contributed by atoms with Crippen LogP contribution in [0, 0.1) is 0 Å². The van der Waals surface area contributed by atoms with E-state index in [1.54, 1.807) is 23.1 Å². The fraction of sp³-hybridized carbons (Fsp3) is 0.455. The highest BCUT2D eigenvalue weighted by atomic mass is 32.2. The van der Waals surface area contributed by atoms with Crippen molar-refractivity contribution in [3.8, 4) is 5.88 Å². The van der Waals surface area contributed by atoms with E-state index in [4.69, 9.17) is 4.74 Å². The first kappa shape index (κ1) is 20.8. The van der Waals surface area contributed by atoms with Crippen molar-refractivity contribution >= 4 is 15.9 Å². The molecule has 0 spiro atoms. The van der Waals surface area contributed by atoms with E-state index < -0.39 is 10.0 Å². The Morgan fingerprint density at radius 1 is 1.03 bits per heavy atom. The van der Waals surface area contributed by atoms with Crippen LogP contribution in [-0.4, -0.2) is 60.8 Å². The molecule has 0 saturated carbocycles. The first-order valence-corrected chi connectivity index (χ1v) is 11.8. The summed E-state index contributed by atoms with van der Waals surface area (Å²) >= 11 is 0. The number of piperazine rings is 1. The van der Waals surface area contributed by atoms with E-state index in [1.807, 2.05) is 26.0 Å². The van der Waals surface area contributed by atoms with Crippen molar-refractivity contribution in [3.63, 3.8) is 0 Å². The minimum atomic E-state index is -3.55. The van der Waals surface area contributed by atoms with E-state index in [0.717, 1.165) is 24.8 Å². The highest BCUT2D eigenvalue weighted by molar-refractivity contribution is 7.89. The lowest BCUT2D eigenvalue weighted by molar-refractivity contribution is 0.0697. The molecule has 1 aromatic heterocycles. The van der Waals surface area contributed by atoms with Gasteiger partial charge in [-0.3, -0.25) is 4.79 Å². The molecule has 0 unspecified atom stereocenters. The zero-order valence-electron chi connectivity index (χ0n) is 17.4. The summed E-state index contributed by atoms with van der Waals surface area (Å²) in [5.74, 6) is 0.333. The molecule has 1 saturated heterocycles. The molecule has 8 heteroatoms. The Balaban J connectivity index is 1.40. The van der Waals surface area contributed by atoms with Gasteiger partial charge in [-0.25, -0.2) is 13.4 Å². The Bertz CT molecular complexity index is 1030. The van der Waals surface area contributed by atoms with Gasteiger partial charge in [0.1, 0.15) is 0 Å². The first-order chi connectivity index (χ1) is 14.3. The summed E-state index contributed by atoms with van der Waals surface area (Å²) in [6, 6.07) is 8.85. The average Bonchev–Trinajstić information content (AvgIpc) is 3.21. The molecule has 1 fully saturated rings. The molecule has 160 valence electrons. The van der Waals surface area contributed by atoms with Crippen LogP contribution in [0.15, 0.2) is 41.4 Å². The van der Waals surface area contributed by atoms with Crippen molar-refractivity contribution in [1.29, 1.82) is 0 Å². The summed E-state index contributed by atoms with van der Waals surface area (Å²) in [6.45, 7) is 5.11. The van der Waals surface area contributed by atoms with Crippen molar-refractivity contribution < 1.29 is 17.9 Å². The predicted octanol–water partition coefficient (Wildman–Crippen LogP) is 2.50. The van der Waals surface area contributed by atoms with Crippen LogP contribution in [0.3, 0.4) is 0 Å². The van der Waals surface area contributed by atoms with Gasteiger partial charge >= 0.3 is 0 Å². The lowest BCUT2D eigenvalue weighted by Gasteiger charge is -2.34. The fourth-order valence-electron chi connectivity index (χ4n) is 3.99. The van der Waals surface area contributed by atoms with E-state index in [1.165, 1.54) is 16.1 Å². The van der Waals surface area contributed by atoms with Gasteiger partial charge in [0.15, 0.2) is 0 Å². The maximum atomic E-state index is 13.1. The summed E-state index contributed by atoms with van der Waals surface area (Å²) in [7, 11) is -3.55. The third-order valence-corrected chi connectivity index (χ3v) is 7.47. The SMILES string of the molecule is CC(C)Oc1ccc(C(=O)N2CCN(S(=O)(=O)c3ccc4c(c3)CCC4)CC2)cn1. The van der Waals surface area contributed by atoms with Crippen LogP contribution in [0.25, 0.3) is 0 Å². The maximum Gasteiger partial charge on any atom is 0.255 e. The number of pyridine rings is 1. The summed E-state index contributed by atoms with van der Waals surface area (Å²) in [4.78, 5) is 19.0. The number of carbonyl (C=O) groups excluding carboxylic acids is 1. The van der Waals surface area contributed by atoms with Crippen molar-refractivity contribution in [3.05, 3.63) is 53.2 Å². The van der Waals surface area contributed by atoms with Crippen LogP contribution in [0.5, 0.6) is 5.88 Å². The number of ether oxygens (including phenoxy) is 1. The Kier molecular flexibility index (Phi) is 5.79. The zero-order chi connectivity index (χ0) is 21.3. The van der Waals surface area contributed by atoms with E-state index in [9.17, 15) is 13.2 Å². The van der Waals surface area contributed by atoms with Crippen LogP contribution in [-0.2, 0) is 22.9 Å². The van der Waals surface area contributed by atoms with Gasteiger partial charge in [-0.1, -0.05) is 6.07 Å². The van der Waals surface area contributed by atoms with Gasteiger partial charge in [-0.15, -0.1) is 0 Å². The number of rotatable bonds is 5. The Hall–Kier alpha value is -2.45. The monoisotopic (exact) mass is 429 g/mol. The third kappa shape index (κ3) is 4.20. The smallest absolute Gasteiger partial charge is 0.255 e. The number of hydrogen-bond donors (Lipinski definition) is 0. The summed E-state index contributed by atoms with van der Waals surface area (Å²) in [5, 5.41) is 0. The largest absolute Gasteiger partial charge is 0.475 e. The zero-order valence-corrected chi connectivity index (χ0v) is 18.2. The molecule has 2 aromatic rings. The lowest BCUT2D eigenvalue weighted by atomic mass is 10.1. The molecular formula is C22H27N3O4S. The number of sulfonamides is 1. The topological polar surface area (TPSA) is 79.8 Å². The van der Waals surface area contributed by atoms with Crippen LogP contribution >= 0.6 is 0 Å². The Morgan fingerprint density at radius 3 is 2.43 bits per heavy atom. The van der Waals surface area contributed by atoms with Crippen molar-refractivity contribution in [2.24, 2.45) is 0 Å². The van der Waals surface area contributed by atoms with Gasteiger partial charge in [-0.2, -0.15) is 4.31 Å². The summed E-state index contributed by atoms with van der Waals surface area (Å²) < 4.78 is 33.1. The van der Waals surface area contributed by atoms with E-state index in [0.29, 0.717) is 29.4 Å². The predicted molar refractivity (Wildman–Crippen MR) is 113 cm³/mol. The first-order valence-electron chi connectivity index (χ1n) is 10.4. The van der Waals surface area contributed by atoms with Crippen molar-refractivity contribution in [2.75, 3.05) is 26.2 Å². The molecule has 0 bridgehead atoms. The second kappa shape index (κ2) is 8.35. The second-order valence-electron chi connectivity index (χ2n) is 8.03. The van der Waals surface area contributed by atoms with Gasteiger partial charge in [0.25, 0.3) is 5.91 Å². The van der Waals surface area contributed by atoms with Crippen LogP contribution in [0.4, 0.5) is 0 Å². The molecule has 0 N–H and O–H groups in total. The van der Waals surface area contributed by atoms with Gasteiger partial charge in [-0.05, 0) is 62.4 Å². The molecule has 4 rings (SSSR count). The molecule has 1 aliphatic carbocycles. The quantitative estimate of drug-likeness (QED) is 0.730.